The topological polar surface area (TPSA) is 143 Å². The number of aryl methyl sites for hydroxylation is 1. The molecule has 3 N–H and O–H groups in total. The number of sulfonamides is 1. The van der Waals surface area contributed by atoms with E-state index in [1.165, 1.54) is 17.0 Å². The number of amidine groups is 1. The molecule has 1 unspecified atom stereocenters. The van der Waals surface area contributed by atoms with Crippen molar-refractivity contribution >= 4 is 33.6 Å². The first kappa shape index (κ1) is 28.8. The van der Waals surface area contributed by atoms with Gasteiger partial charge < -0.3 is 15.2 Å². The van der Waals surface area contributed by atoms with E-state index in [-0.39, 0.29) is 30.4 Å². The van der Waals surface area contributed by atoms with Crippen LogP contribution >= 0.6 is 0 Å². The van der Waals surface area contributed by atoms with Crippen molar-refractivity contribution in [3.05, 3.63) is 95.6 Å². The summed E-state index contributed by atoms with van der Waals surface area (Å²) < 4.78 is 39.2. The summed E-state index contributed by atoms with van der Waals surface area (Å²) in [5, 5.41) is 7.53. The predicted molar refractivity (Wildman–Crippen MR) is 151 cm³/mol. The normalized spacial score (nSPS) is 15.2. The van der Waals surface area contributed by atoms with E-state index in [1.807, 2.05) is 25.1 Å². The molecule has 11 heteroatoms. The van der Waals surface area contributed by atoms with Gasteiger partial charge >= 0.3 is 12.1 Å². The van der Waals surface area contributed by atoms with Gasteiger partial charge in [0.25, 0.3) is 0 Å². The van der Waals surface area contributed by atoms with E-state index in [0.717, 1.165) is 28.3 Å². The van der Waals surface area contributed by atoms with Crippen LogP contribution in [0.5, 0.6) is 0 Å². The first-order chi connectivity index (χ1) is 19.2. The zero-order valence-electron chi connectivity index (χ0n) is 22.2. The van der Waals surface area contributed by atoms with Crippen LogP contribution in [0.15, 0.2) is 83.8 Å². The number of hydrogen-bond donors (Lipinski definition) is 2. The van der Waals surface area contributed by atoms with Gasteiger partial charge in [-0.25, -0.2) is 13.2 Å². The average molecular weight is 565 g/mol. The molecule has 10 nitrogen and oxygen atoms in total. The Morgan fingerprint density at radius 3 is 2.35 bits per heavy atom. The molecular formula is C29H32N4O6S. The fourth-order valence-electron chi connectivity index (χ4n) is 4.32. The highest BCUT2D eigenvalue weighted by Crippen LogP contribution is 2.25. The van der Waals surface area contributed by atoms with E-state index >= 15 is 0 Å². The van der Waals surface area contributed by atoms with Crippen molar-refractivity contribution in [1.82, 2.24) is 4.31 Å². The third-order valence-corrected chi connectivity index (χ3v) is 8.25. The lowest BCUT2D eigenvalue weighted by Crippen LogP contribution is -2.42. The van der Waals surface area contributed by atoms with Crippen molar-refractivity contribution in [1.29, 1.82) is 5.41 Å². The monoisotopic (exact) mass is 564 g/mol. The summed E-state index contributed by atoms with van der Waals surface area (Å²) in [5.74, 6) is -0.827. The maximum absolute atomic E-state index is 13.7. The van der Waals surface area contributed by atoms with Crippen molar-refractivity contribution in [2.24, 2.45) is 5.73 Å². The van der Waals surface area contributed by atoms with E-state index in [4.69, 9.17) is 20.6 Å². The molecule has 0 aliphatic carbocycles. The number of amides is 1. The lowest BCUT2D eigenvalue weighted by atomic mass is 10.1. The molecule has 1 saturated heterocycles. The van der Waals surface area contributed by atoms with Crippen molar-refractivity contribution in [3.8, 4) is 0 Å². The number of ether oxygens (including phenoxy) is 2. The van der Waals surface area contributed by atoms with Crippen LogP contribution in [0.3, 0.4) is 0 Å². The fraction of sp³-hybridized carbons (Fsp3) is 0.276. The maximum atomic E-state index is 13.7. The summed E-state index contributed by atoms with van der Waals surface area (Å²) in [6.45, 7) is 1.32. The van der Waals surface area contributed by atoms with Gasteiger partial charge in [-0.1, -0.05) is 55.8 Å². The molecule has 1 heterocycles. The van der Waals surface area contributed by atoms with E-state index in [2.05, 4.69) is 0 Å². The molecule has 0 saturated carbocycles. The number of esters is 1. The highest BCUT2D eigenvalue weighted by molar-refractivity contribution is 7.89. The van der Waals surface area contributed by atoms with Crippen LogP contribution in [0, 0.1) is 5.41 Å². The van der Waals surface area contributed by atoms with E-state index in [1.54, 1.807) is 48.5 Å². The summed E-state index contributed by atoms with van der Waals surface area (Å²) in [7, 11) is -4.13. The molecule has 3 aromatic carbocycles. The zero-order chi connectivity index (χ0) is 28.7. The van der Waals surface area contributed by atoms with Gasteiger partial charge in [-0.15, -0.1) is 0 Å². The number of benzene rings is 3. The SMILES string of the molecule is CCCc1ccc(S(=O)(=O)N(CC(=O)OCc2ccccc2)CC2CN(c3ccc(C(=N)N)cc3)C(=O)O2)cc1. The number of carbonyl (C=O) groups excluding carboxylic acids is 2. The van der Waals surface area contributed by atoms with Gasteiger partial charge in [0, 0.05) is 11.3 Å². The van der Waals surface area contributed by atoms with Crippen LogP contribution in [-0.4, -0.2) is 56.4 Å². The first-order valence-electron chi connectivity index (χ1n) is 12.9. The molecule has 1 aliphatic rings. The number of rotatable bonds is 12. The van der Waals surface area contributed by atoms with Gasteiger partial charge in [-0.05, 0) is 53.9 Å². The van der Waals surface area contributed by atoms with Crippen molar-refractivity contribution in [3.63, 3.8) is 0 Å². The molecule has 1 aliphatic heterocycles. The minimum Gasteiger partial charge on any atom is -0.460 e. The third-order valence-electron chi connectivity index (χ3n) is 6.42. The summed E-state index contributed by atoms with van der Waals surface area (Å²) >= 11 is 0. The number of nitrogens with one attached hydrogen (secondary N) is 1. The highest BCUT2D eigenvalue weighted by atomic mass is 32.2. The maximum Gasteiger partial charge on any atom is 0.414 e. The minimum atomic E-state index is -4.13. The molecule has 0 aromatic heterocycles. The molecule has 0 bridgehead atoms. The smallest absolute Gasteiger partial charge is 0.414 e. The summed E-state index contributed by atoms with van der Waals surface area (Å²) in [6.07, 6.45) is 0.258. The van der Waals surface area contributed by atoms with Crippen LogP contribution < -0.4 is 10.6 Å². The average Bonchev–Trinajstić information content (AvgIpc) is 3.32. The molecule has 40 heavy (non-hydrogen) atoms. The second-order valence-corrected chi connectivity index (χ2v) is 11.4. The van der Waals surface area contributed by atoms with E-state index < -0.39 is 34.7 Å². The summed E-state index contributed by atoms with van der Waals surface area (Å²) in [4.78, 5) is 26.8. The van der Waals surface area contributed by atoms with Gasteiger partial charge in [-0.3, -0.25) is 15.1 Å². The Hall–Kier alpha value is -4.22. The Morgan fingerprint density at radius 2 is 1.73 bits per heavy atom. The van der Waals surface area contributed by atoms with Crippen LogP contribution in [0.4, 0.5) is 10.5 Å². The number of nitrogen functional groups attached to an aromatic ring is 1. The number of anilines is 1. The fourth-order valence-corrected chi connectivity index (χ4v) is 5.73. The van der Waals surface area contributed by atoms with Crippen molar-refractivity contribution in [2.45, 2.75) is 37.4 Å². The van der Waals surface area contributed by atoms with E-state index in [0.29, 0.717) is 11.3 Å². The molecule has 0 radical (unpaired) electrons. The lowest BCUT2D eigenvalue weighted by Gasteiger charge is -2.23. The third kappa shape index (κ3) is 7.04. The molecule has 1 amide bonds. The van der Waals surface area contributed by atoms with Crippen LogP contribution in [0.25, 0.3) is 0 Å². The Morgan fingerprint density at radius 1 is 1.05 bits per heavy atom. The lowest BCUT2D eigenvalue weighted by molar-refractivity contribution is -0.145. The van der Waals surface area contributed by atoms with Crippen LogP contribution in [-0.2, 0) is 37.3 Å². The van der Waals surface area contributed by atoms with Gasteiger partial charge in [-0.2, -0.15) is 4.31 Å². The number of carbonyl (C=O) groups is 2. The summed E-state index contributed by atoms with van der Waals surface area (Å²) in [6, 6.07) is 22.1. The second-order valence-electron chi connectivity index (χ2n) is 9.41. The second kappa shape index (κ2) is 12.8. The van der Waals surface area contributed by atoms with Gasteiger partial charge in [0.1, 0.15) is 25.1 Å². The standard InChI is InChI=1S/C29H32N4O6S/c1-2-6-21-9-15-26(16-10-21)40(36,37)32(19-27(34)38-20-22-7-4-3-5-8-22)17-25-18-33(29(35)39-25)24-13-11-23(12-14-24)28(30)31/h3-5,7-16,25H,2,6,17-20H2,1H3,(H3,30,31). The Bertz CT molecular complexity index is 1440. The van der Waals surface area contributed by atoms with Gasteiger partial charge in [0.15, 0.2) is 0 Å². The van der Waals surface area contributed by atoms with Crippen molar-refractivity contribution in [2.75, 3.05) is 24.5 Å². The molecular weight excluding hydrogens is 532 g/mol. The Kier molecular flexibility index (Phi) is 9.18. The number of hydrogen-bond acceptors (Lipinski definition) is 7. The number of cyclic esters (lactones) is 1. The summed E-state index contributed by atoms with van der Waals surface area (Å²) in [5.41, 5.74) is 8.30. The molecule has 1 atom stereocenters. The zero-order valence-corrected chi connectivity index (χ0v) is 23.0. The quantitative estimate of drug-likeness (QED) is 0.194. The van der Waals surface area contributed by atoms with Crippen LogP contribution in [0.1, 0.15) is 30.0 Å². The molecule has 0 spiro atoms. The molecule has 3 aromatic rings. The largest absolute Gasteiger partial charge is 0.460 e. The first-order valence-corrected chi connectivity index (χ1v) is 14.3. The minimum absolute atomic E-state index is 0.00171. The Labute approximate surface area is 233 Å². The molecule has 4 rings (SSSR count). The predicted octanol–water partition coefficient (Wildman–Crippen LogP) is 3.68. The van der Waals surface area contributed by atoms with Gasteiger partial charge in [0.05, 0.1) is 18.0 Å². The van der Waals surface area contributed by atoms with Gasteiger partial charge in [0.2, 0.25) is 10.0 Å². The van der Waals surface area contributed by atoms with Crippen LogP contribution in [0.2, 0.25) is 0 Å². The Balaban J connectivity index is 1.52. The molecule has 210 valence electrons. The number of nitrogens with zero attached hydrogens (tertiary/aromatic N) is 2. The van der Waals surface area contributed by atoms with Crippen molar-refractivity contribution < 1.29 is 27.5 Å². The highest BCUT2D eigenvalue weighted by Gasteiger charge is 2.37. The molecule has 1 fully saturated rings. The number of nitrogens with two attached hydrogens (primary N) is 1. The van der Waals surface area contributed by atoms with E-state index in [9.17, 15) is 18.0 Å².